The highest BCUT2D eigenvalue weighted by Crippen LogP contribution is 2.34. The number of ether oxygens (including phenoxy) is 1. The highest BCUT2D eigenvalue weighted by molar-refractivity contribution is 5.83. The van der Waals surface area contributed by atoms with E-state index in [1.807, 2.05) is 37.4 Å². The van der Waals surface area contributed by atoms with E-state index in [0.717, 1.165) is 35.3 Å². The zero-order valence-electron chi connectivity index (χ0n) is 14.5. The predicted molar refractivity (Wildman–Crippen MR) is 98.5 cm³/mol. The number of imidazole rings is 1. The Morgan fingerprint density at radius 1 is 1.38 bits per heavy atom. The molecule has 1 aliphatic rings. The Kier molecular flexibility index (Phi) is 5.36. The van der Waals surface area contributed by atoms with Gasteiger partial charge in [0.05, 0.1) is 12.2 Å². The second-order valence-corrected chi connectivity index (χ2v) is 6.04. The Balaban J connectivity index is 0.000000613. The number of hydrogen-bond acceptors (Lipinski definition) is 4. The second kappa shape index (κ2) is 7.86. The van der Waals surface area contributed by atoms with Gasteiger partial charge in [0.2, 0.25) is 0 Å². The first kappa shape index (κ1) is 17.7. The third kappa shape index (κ3) is 3.46. The van der Waals surface area contributed by atoms with Crippen molar-refractivity contribution in [2.75, 3.05) is 6.61 Å². The van der Waals surface area contributed by atoms with Gasteiger partial charge in [-0.1, -0.05) is 0 Å². The number of H-pyrrole nitrogens is 1. The molecule has 0 aliphatic heterocycles. The van der Waals surface area contributed by atoms with Crippen LogP contribution in [0.2, 0.25) is 0 Å². The molecule has 2 aromatic heterocycles. The standard InChI is InChI=1S/C18H19N3O2.CH2O2/c1-2-23-14-6-7-16-12(10-14)11-15(18(22)20-16)17-19-8-9-21(17)13-4-3-5-13;2-1-3/h6-11,13H,2-5H2,1H3,(H,20,22);1H,(H,2,3). The first-order valence-electron chi connectivity index (χ1n) is 8.58. The van der Waals surface area contributed by atoms with Crippen LogP contribution in [0.1, 0.15) is 32.2 Å². The average molecular weight is 355 g/mol. The molecular weight excluding hydrogens is 334 g/mol. The molecule has 4 rings (SSSR count). The lowest BCUT2D eigenvalue weighted by molar-refractivity contribution is -0.122. The molecule has 0 spiro atoms. The third-order valence-electron chi connectivity index (χ3n) is 4.50. The lowest BCUT2D eigenvalue weighted by Crippen LogP contribution is -2.19. The van der Waals surface area contributed by atoms with Crippen molar-refractivity contribution < 1.29 is 14.6 Å². The number of aromatic amines is 1. The van der Waals surface area contributed by atoms with Crippen LogP contribution < -0.4 is 10.3 Å². The van der Waals surface area contributed by atoms with Gasteiger partial charge in [0.25, 0.3) is 12.0 Å². The maximum Gasteiger partial charge on any atom is 0.290 e. The molecule has 2 heterocycles. The van der Waals surface area contributed by atoms with E-state index in [9.17, 15) is 4.79 Å². The van der Waals surface area contributed by atoms with E-state index in [2.05, 4.69) is 14.5 Å². The highest BCUT2D eigenvalue weighted by Gasteiger charge is 2.23. The molecule has 136 valence electrons. The summed E-state index contributed by atoms with van der Waals surface area (Å²) in [7, 11) is 0. The van der Waals surface area contributed by atoms with Crippen LogP contribution >= 0.6 is 0 Å². The molecule has 1 fully saturated rings. The molecular formula is C19H21N3O4. The molecule has 0 bridgehead atoms. The summed E-state index contributed by atoms with van der Waals surface area (Å²) in [4.78, 5) is 28.2. The second-order valence-electron chi connectivity index (χ2n) is 6.04. The Hall–Kier alpha value is -3.09. The van der Waals surface area contributed by atoms with Gasteiger partial charge in [-0.05, 0) is 50.5 Å². The van der Waals surface area contributed by atoms with Crippen LogP contribution in [0, 0.1) is 0 Å². The molecule has 1 saturated carbocycles. The maximum atomic E-state index is 12.5. The van der Waals surface area contributed by atoms with Crippen LogP contribution in [0.4, 0.5) is 0 Å². The van der Waals surface area contributed by atoms with Gasteiger partial charge in [-0.15, -0.1) is 0 Å². The number of carboxylic acid groups (broad SMARTS) is 1. The van der Waals surface area contributed by atoms with Gasteiger partial charge in [0.15, 0.2) is 0 Å². The topological polar surface area (TPSA) is 97.2 Å². The molecule has 3 aromatic rings. The van der Waals surface area contributed by atoms with Gasteiger partial charge >= 0.3 is 0 Å². The maximum absolute atomic E-state index is 12.5. The molecule has 0 saturated heterocycles. The Labute approximate surface area is 150 Å². The number of nitrogens with zero attached hydrogens (tertiary/aromatic N) is 2. The van der Waals surface area contributed by atoms with Crippen LogP contribution in [-0.4, -0.2) is 32.7 Å². The van der Waals surface area contributed by atoms with E-state index in [4.69, 9.17) is 14.6 Å². The van der Waals surface area contributed by atoms with Crippen LogP contribution in [0.5, 0.6) is 5.75 Å². The molecule has 0 amide bonds. The molecule has 0 radical (unpaired) electrons. The van der Waals surface area contributed by atoms with Crippen molar-refractivity contribution in [2.24, 2.45) is 0 Å². The number of fused-ring (bicyclic) bond motifs is 1. The summed E-state index contributed by atoms with van der Waals surface area (Å²) in [6.45, 7) is 2.33. The summed E-state index contributed by atoms with van der Waals surface area (Å²) >= 11 is 0. The van der Waals surface area contributed by atoms with E-state index in [1.165, 1.54) is 6.42 Å². The first-order chi connectivity index (χ1) is 12.7. The summed E-state index contributed by atoms with van der Waals surface area (Å²) in [6.07, 6.45) is 7.30. The fraction of sp³-hybridized carbons (Fsp3) is 0.316. The fourth-order valence-corrected chi connectivity index (χ4v) is 3.09. The van der Waals surface area contributed by atoms with Crippen LogP contribution in [0.25, 0.3) is 22.3 Å². The normalized spacial score (nSPS) is 13.6. The van der Waals surface area contributed by atoms with Gasteiger partial charge < -0.3 is 19.4 Å². The number of pyridine rings is 1. The Morgan fingerprint density at radius 2 is 2.15 bits per heavy atom. The van der Waals surface area contributed by atoms with Crippen molar-refractivity contribution in [1.82, 2.24) is 14.5 Å². The number of aromatic nitrogens is 3. The van der Waals surface area contributed by atoms with Crippen molar-refractivity contribution >= 4 is 17.4 Å². The zero-order valence-corrected chi connectivity index (χ0v) is 14.5. The number of rotatable bonds is 4. The summed E-state index contributed by atoms with van der Waals surface area (Å²) < 4.78 is 7.68. The van der Waals surface area contributed by atoms with Crippen molar-refractivity contribution in [2.45, 2.75) is 32.2 Å². The number of hydrogen-bond donors (Lipinski definition) is 2. The Morgan fingerprint density at radius 3 is 2.81 bits per heavy atom. The summed E-state index contributed by atoms with van der Waals surface area (Å²) in [5.41, 5.74) is 1.32. The number of nitrogens with one attached hydrogen (secondary N) is 1. The molecule has 2 N–H and O–H groups in total. The molecule has 0 unspecified atom stereocenters. The molecule has 7 nitrogen and oxygen atoms in total. The van der Waals surface area contributed by atoms with E-state index in [0.29, 0.717) is 18.2 Å². The first-order valence-corrected chi connectivity index (χ1v) is 8.58. The highest BCUT2D eigenvalue weighted by atomic mass is 16.5. The molecule has 7 heteroatoms. The van der Waals surface area contributed by atoms with Crippen LogP contribution in [-0.2, 0) is 4.79 Å². The minimum Gasteiger partial charge on any atom is -0.494 e. The van der Waals surface area contributed by atoms with Crippen LogP contribution in [0.15, 0.2) is 41.5 Å². The summed E-state index contributed by atoms with van der Waals surface area (Å²) in [5.74, 6) is 1.56. The van der Waals surface area contributed by atoms with E-state index in [-0.39, 0.29) is 12.0 Å². The summed E-state index contributed by atoms with van der Waals surface area (Å²) in [5, 5.41) is 7.84. The minimum absolute atomic E-state index is 0.103. The van der Waals surface area contributed by atoms with Crippen molar-refractivity contribution in [3.8, 4) is 17.1 Å². The lowest BCUT2D eigenvalue weighted by Gasteiger charge is -2.28. The number of benzene rings is 1. The van der Waals surface area contributed by atoms with E-state index < -0.39 is 0 Å². The van der Waals surface area contributed by atoms with Gasteiger partial charge in [-0.2, -0.15) is 0 Å². The Bertz CT molecular complexity index is 957. The molecule has 1 aromatic carbocycles. The fourth-order valence-electron chi connectivity index (χ4n) is 3.09. The quantitative estimate of drug-likeness (QED) is 0.700. The SMILES string of the molecule is CCOc1ccc2[nH]c(=O)c(-c3nccn3C3CCC3)cc2c1.O=CO. The lowest BCUT2D eigenvalue weighted by atomic mass is 9.92. The van der Waals surface area contributed by atoms with Gasteiger partial charge in [-0.25, -0.2) is 4.98 Å². The monoisotopic (exact) mass is 355 g/mol. The predicted octanol–water partition coefficient (Wildman–Crippen LogP) is 3.22. The molecule has 0 atom stereocenters. The third-order valence-corrected chi connectivity index (χ3v) is 4.50. The van der Waals surface area contributed by atoms with Gasteiger partial charge in [0, 0.05) is 29.3 Å². The van der Waals surface area contributed by atoms with Crippen molar-refractivity contribution in [3.05, 3.63) is 47.0 Å². The van der Waals surface area contributed by atoms with Crippen LogP contribution in [0.3, 0.4) is 0 Å². The average Bonchev–Trinajstić information content (AvgIpc) is 3.03. The summed E-state index contributed by atoms with van der Waals surface area (Å²) in [6, 6.07) is 8.08. The van der Waals surface area contributed by atoms with Gasteiger partial charge in [0.1, 0.15) is 11.6 Å². The number of carbonyl (C=O) groups is 1. The van der Waals surface area contributed by atoms with Gasteiger partial charge in [-0.3, -0.25) is 9.59 Å². The van der Waals surface area contributed by atoms with E-state index >= 15 is 0 Å². The molecule has 26 heavy (non-hydrogen) atoms. The zero-order chi connectivity index (χ0) is 18.5. The molecule has 1 aliphatic carbocycles. The van der Waals surface area contributed by atoms with Crippen molar-refractivity contribution in [3.63, 3.8) is 0 Å². The smallest absolute Gasteiger partial charge is 0.290 e. The minimum atomic E-state index is -0.250. The van der Waals surface area contributed by atoms with Crippen molar-refractivity contribution in [1.29, 1.82) is 0 Å². The largest absolute Gasteiger partial charge is 0.494 e. The van der Waals surface area contributed by atoms with E-state index in [1.54, 1.807) is 6.20 Å².